The van der Waals surface area contributed by atoms with Gasteiger partial charge in [0.25, 0.3) is 0 Å². The van der Waals surface area contributed by atoms with Crippen molar-refractivity contribution in [2.75, 3.05) is 19.8 Å². The van der Waals surface area contributed by atoms with E-state index < -0.39 is 0 Å². The van der Waals surface area contributed by atoms with E-state index in [1.54, 1.807) is 0 Å². The van der Waals surface area contributed by atoms with Gasteiger partial charge in [-0.15, -0.1) is 0 Å². The van der Waals surface area contributed by atoms with Crippen LogP contribution >= 0.6 is 12.6 Å². The van der Waals surface area contributed by atoms with Crippen molar-refractivity contribution in [3.8, 4) is 0 Å². The highest BCUT2D eigenvalue weighted by molar-refractivity contribution is 7.81. The molecule has 0 bridgehead atoms. The van der Waals surface area contributed by atoms with Gasteiger partial charge in [-0.25, -0.2) is 0 Å². The van der Waals surface area contributed by atoms with E-state index in [2.05, 4.69) is 31.8 Å². The fraction of sp³-hybridized carbons (Fsp3) is 0.562. The summed E-state index contributed by atoms with van der Waals surface area (Å²) in [7, 11) is 0. The predicted octanol–water partition coefficient (Wildman–Crippen LogP) is 2.71. The lowest BCUT2D eigenvalue weighted by atomic mass is 10.1. The quantitative estimate of drug-likeness (QED) is 0.543. The van der Waals surface area contributed by atoms with Crippen LogP contribution in [-0.4, -0.2) is 30.9 Å². The normalized spacial score (nSPS) is 12.4. The largest absolute Gasteiger partial charge is 0.380 e. The molecule has 0 heterocycles. The lowest BCUT2D eigenvalue weighted by Gasteiger charge is -2.12. The first-order valence-corrected chi connectivity index (χ1v) is 7.68. The molecule has 0 spiro atoms. The van der Waals surface area contributed by atoms with Gasteiger partial charge in [0.1, 0.15) is 0 Å². The van der Waals surface area contributed by atoms with Gasteiger partial charge in [0, 0.05) is 13.2 Å². The zero-order valence-corrected chi connectivity index (χ0v) is 13.2. The second-order valence-electron chi connectivity index (χ2n) is 5.29. The van der Waals surface area contributed by atoms with E-state index in [0.29, 0.717) is 25.5 Å². The van der Waals surface area contributed by atoms with Gasteiger partial charge in [-0.1, -0.05) is 44.2 Å². The fourth-order valence-corrected chi connectivity index (χ4v) is 2.02. The maximum Gasteiger partial charge on any atom is 0.233 e. The molecule has 0 aromatic heterocycles. The third-order valence-electron chi connectivity index (χ3n) is 2.96. The number of carbonyl (C=O) groups is 1. The summed E-state index contributed by atoms with van der Waals surface area (Å²) in [6, 6.07) is 9.91. The van der Waals surface area contributed by atoms with E-state index in [1.807, 2.05) is 30.3 Å². The molecule has 0 aliphatic heterocycles. The summed E-state index contributed by atoms with van der Waals surface area (Å²) < 4.78 is 5.45. The Kier molecular flexibility index (Phi) is 8.38. The Bertz CT molecular complexity index is 381. The number of carbonyl (C=O) groups excluding carboxylic acids is 1. The van der Waals surface area contributed by atoms with E-state index >= 15 is 0 Å². The Morgan fingerprint density at radius 2 is 1.95 bits per heavy atom. The van der Waals surface area contributed by atoms with Crippen LogP contribution in [0.3, 0.4) is 0 Å². The van der Waals surface area contributed by atoms with Crippen LogP contribution < -0.4 is 5.32 Å². The minimum atomic E-state index is -0.312. The standard InChI is InChI=1S/C16H25NO2S/c1-13(2)8-10-19-11-9-17-16(18)15(20)12-14-6-4-3-5-7-14/h3-7,13,15,20H,8-12H2,1-2H3,(H,17,18). The van der Waals surface area contributed by atoms with Crippen molar-refractivity contribution >= 4 is 18.5 Å². The van der Waals surface area contributed by atoms with Crippen molar-refractivity contribution in [2.24, 2.45) is 5.92 Å². The van der Waals surface area contributed by atoms with Crippen LogP contribution in [0.5, 0.6) is 0 Å². The first-order chi connectivity index (χ1) is 9.59. The number of thiol groups is 1. The molecule has 0 saturated heterocycles. The highest BCUT2D eigenvalue weighted by atomic mass is 32.1. The van der Waals surface area contributed by atoms with Gasteiger partial charge in [-0.3, -0.25) is 4.79 Å². The van der Waals surface area contributed by atoms with Crippen molar-refractivity contribution in [1.29, 1.82) is 0 Å². The Balaban J connectivity index is 2.13. The third-order valence-corrected chi connectivity index (χ3v) is 3.38. The van der Waals surface area contributed by atoms with E-state index in [1.165, 1.54) is 0 Å². The summed E-state index contributed by atoms with van der Waals surface area (Å²) in [4.78, 5) is 11.8. The van der Waals surface area contributed by atoms with Crippen molar-refractivity contribution in [3.63, 3.8) is 0 Å². The van der Waals surface area contributed by atoms with Crippen molar-refractivity contribution in [2.45, 2.75) is 31.9 Å². The molecule has 1 N–H and O–H groups in total. The van der Waals surface area contributed by atoms with E-state index in [4.69, 9.17) is 4.74 Å². The maximum absolute atomic E-state index is 11.8. The minimum Gasteiger partial charge on any atom is -0.380 e. The van der Waals surface area contributed by atoms with Gasteiger partial charge >= 0.3 is 0 Å². The number of ether oxygens (including phenoxy) is 1. The first kappa shape index (κ1) is 17.1. The fourth-order valence-electron chi connectivity index (χ4n) is 1.72. The lowest BCUT2D eigenvalue weighted by Crippen LogP contribution is -2.35. The predicted molar refractivity (Wildman–Crippen MR) is 86.2 cm³/mol. The molecule has 3 nitrogen and oxygen atoms in total. The molecule has 1 rings (SSSR count). The summed E-state index contributed by atoms with van der Waals surface area (Å²) >= 11 is 4.35. The molecule has 0 radical (unpaired) electrons. The monoisotopic (exact) mass is 295 g/mol. The van der Waals surface area contributed by atoms with Gasteiger partial charge < -0.3 is 10.1 Å². The average Bonchev–Trinajstić information content (AvgIpc) is 2.43. The van der Waals surface area contributed by atoms with E-state index in [9.17, 15) is 4.79 Å². The van der Waals surface area contributed by atoms with Gasteiger partial charge in [-0.05, 0) is 24.3 Å². The number of rotatable bonds is 9. The summed E-state index contributed by atoms with van der Waals surface area (Å²) in [6.45, 7) is 6.19. The SMILES string of the molecule is CC(C)CCOCCNC(=O)C(S)Cc1ccccc1. The smallest absolute Gasteiger partial charge is 0.233 e. The molecule has 1 aromatic rings. The van der Waals surface area contributed by atoms with Crippen LogP contribution in [0.15, 0.2) is 30.3 Å². The Hall–Kier alpha value is -1.00. The summed E-state index contributed by atoms with van der Waals surface area (Å²) in [5.41, 5.74) is 1.12. The molecule has 0 aliphatic carbocycles. The van der Waals surface area contributed by atoms with Crippen LogP contribution in [0.25, 0.3) is 0 Å². The second kappa shape index (κ2) is 9.83. The molecular formula is C16H25NO2S. The molecule has 1 amide bonds. The van der Waals surface area contributed by atoms with E-state index in [0.717, 1.165) is 18.6 Å². The number of nitrogens with one attached hydrogen (secondary N) is 1. The minimum absolute atomic E-state index is 0.0374. The Labute approximate surface area is 127 Å². The molecular weight excluding hydrogens is 270 g/mol. The van der Waals surface area contributed by atoms with Crippen LogP contribution in [0.1, 0.15) is 25.8 Å². The lowest BCUT2D eigenvalue weighted by molar-refractivity contribution is -0.120. The van der Waals surface area contributed by atoms with Crippen LogP contribution in [0.2, 0.25) is 0 Å². The Morgan fingerprint density at radius 3 is 2.60 bits per heavy atom. The number of amides is 1. The first-order valence-electron chi connectivity index (χ1n) is 7.17. The third kappa shape index (κ3) is 7.56. The molecule has 1 unspecified atom stereocenters. The molecule has 0 fully saturated rings. The van der Waals surface area contributed by atoms with Crippen LogP contribution in [-0.2, 0) is 16.0 Å². The highest BCUT2D eigenvalue weighted by Gasteiger charge is 2.13. The number of hydrogen-bond donors (Lipinski definition) is 2. The van der Waals surface area contributed by atoms with Gasteiger partial charge in [0.05, 0.1) is 11.9 Å². The zero-order valence-electron chi connectivity index (χ0n) is 12.3. The van der Waals surface area contributed by atoms with Crippen LogP contribution in [0, 0.1) is 5.92 Å². The van der Waals surface area contributed by atoms with Gasteiger partial charge in [-0.2, -0.15) is 12.6 Å². The summed E-state index contributed by atoms with van der Waals surface area (Å²) in [5.74, 6) is 0.613. The highest BCUT2D eigenvalue weighted by Crippen LogP contribution is 2.07. The van der Waals surface area contributed by atoms with Crippen molar-refractivity contribution < 1.29 is 9.53 Å². The average molecular weight is 295 g/mol. The number of benzene rings is 1. The molecule has 20 heavy (non-hydrogen) atoms. The van der Waals surface area contributed by atoms with Crippen molar-refractivity contribution in [1.82, 2.24) is 5.32 Å². The molecule has 0 aliphatic rings. The van der Waals surface area contributed by atoms with Crippen molar-refractivity contribution in [3.05, 3.63) is 35.9 Å². The molecule has 1 aromatic carbocycles. The van der Waals surface area contributed by atoms with E-state index in [-0.39, 0.29) is 11.2 Å². The molecule has 4 heteroatoms. The topological polar surface area (TPSA) is 38.3 Å². The van der Waals surface area contributed by atoms with Crippen LogP contribution in [0.4, 0.5) is 0 Å². The number of hydrogen-bond acceptors (Lipinski definition) is 3. The van der Waals surface area contributed by atoms with Gasteiger partial charge in [0.15, 0.2) is 0 Å². The van der Waals surface area contributed by atoms with Gasteiger partial charge in [0.2, 0.25) is 5.91 Å². The summed E-state index contributed by atoms with van der Waals surface area (Å²) in [6.07, 6.45) is 1.70. The maximum atomic E-state index is 11.8. The molecule has 1 atom stereocenters. The summed E-state index contributed by atoms with van der Waals surface area (Å²) in [5, 5.41) is 2.54. The molecule has 112 valence electrons. The zero-order chi connectivity index (χ0) is 14.8. The Morgan fingerprint density at radius 1 is 1.25 bits per heavy atom. The molecule has 0 saturated carbocycles. The second-order valence-corrected chi connectivity index (χ2v) is 5.91.